The molecule has 0 unspecified atom stereocenters. The van der Waals surface area contributed by atoms with Gasteiger partial charge in [0.15, 0.2) is 0 Å². The third-order valence-electron chi connectivity index (χ3n) is 3.93. The molecule has 2 amide bonds. The number of pyridine rings is 1. The molecule has 2 aromatic rings. The van der Waals surface area contributed by atoms with Gasteiger partial charge in [-0.05, 0) is 25.8 Å². The molecule has 1 atom stereocenters. The summed E-state index contributed by atoms with van der Waals surface area (Å²) in [6, 6.07) is 1.10. The van der Waals surface area contributed by atoms with Crippen LogP contribution in [0.4, 0.5) is 16.2 Å². The van der Waals surface area contributed by atoms with Crippen LogP contribution in [-0.4, -0.2) is 38.9 Å². The van der Waals surface area contributed by atoms with E-state index in [1.54, 1.807) is 16.2 Å². The van der Waals surface area contributed by atoms with Crippen LogP contribution in [0.5, 0.6) is 0 Å². The summed E-state index contributed by atoms with van der Waals surface area (Å²) in [7, 11) is 0. The number of nitrogens with zero attached hydrogens (tertiary/aromatic N) is 4. The number of aryl methyl sites for hydroxylation is 1. The van der Waals surface area contributed by atoms with Gasteiger partial charge in [-0.2, -0.15) is 0 Å². The zero-order chi connectivity index (χ0) is 17.1. The molecule has 1 saturated heterocycles. The van der Waals surface area contributed by atoms with E-state index in [1.807, 2.05) is 12.3 Å². The number of rotatable bonds is 3. The first-order valence-electron chi connectivity index (χ1n) is 7.61. The molecule has 2 aromatic heterocycles. The number of amides is 2. The Morgan fingerprint density at radius 2 is 2.38 bits per heavy atom. The summed E-state index contributed by atoms with van der Waals surface area (Å²) in [5.41, 5.74) is 0.936. The average Bonchev–Trinajstić information content (AvgIpc) is 3.02. The molecule has 0 spiro atoms. The smallest absolute Gasteiger partial charge is 0.322 e. The normalized spacial score (nSPS) is 17.5. The predicted octanol–water partition coefficient (Wildman–Crippen LogP) is 3.17. The number of hydrogen-bond donors (Lipinski definition) is 1. The van der Waals surface area contributed by atoms with E-state index in [-0.39, 0.29) is 23.3 Å². The Kier molecular flexibility index (Phi) is 4.70. The van der Waals surface area contributed by atoms with Gasteiger partial charge in [0.05, 0.1) is 9.93 Å². The third kappa shape index (κ3) is 3.51. The third-order valence-corrected chi connectivity index (χ3v) is 5.06. The van der Waals surface area contributed by atoms with Crippen molar-refractivity contribution >= 4 is 28.7 Å². The number of anilines is 1. The molecule has 3 heterocycles. The summed E-state index contributed by atoms with van der Waals surface area (Å²) < 4.78 is 0. The van der Waals surface area contributed by atoms with Gasteiger partial charge in [-0.3, -0.25) is 15.1 Å². The quantitative estimate of drug-likeness (QED) is 0.679. The molecule has 1 aliphatic heterocycles. The molecule has 9 heteroatoms. The fourth-order valence-corrected chi connectivity index (χ4v) is 3.68. The zero-order valence-electron chi connectivity index (χ0n) is 13.1. The minimum Gasteiger partial charge on any atom is -0.324 e. The summed E-state index contributed by atoms with van der Waals surface area (Å²) in [6.45, 7) is 3.15. The van der Waals surface area contributed by atoms with Crippen LogP contribution in [0.3, 0.4) is 0 Å². The summed E-state index contributed by atoms with van der Waals surface area (Å²) >= 11 is 1.61. The van der Waals surface area contributed by atoms with Crippen LogP contribution in [0.1, 0.15) is 29.5 Å². The molecule has 0 bridgehead atoms. The summed E-state index contributed by atoms with van der Waals surface area (Å²) in [5, 5.41) is 16.7. The molecule has 3 rings (SSSR count). The fourth-order valence-electron chi connectivity index (χ4n) is 2.75. The maximum absolute atomic E-state index is 12.5. The summed E-state index contributed by atoms with van der Waals surface area (Å²) in [4.78, 5) is 32.9. The molecule has 1 fully saturated rings. The second kappa shape index (κ2) is 6.91. The van der Waals surface area contributed by atoms with Crippen LogP contribution < -0.4 is 5.32 Å². The number of aromatic nitrogens is 2. The van der Waals surface area contributed by atoms with Crippen molar-refractivity contribution in [3.63, 3.8) is 0 Å². The van der Waals surface area contributed by atoms with Gasteiger partial charge in [0, 0.05) is 36.3 Å². The van der Waals surface area contributed by atoms with Crippen LogP contribution in [0.15, 0.2) is 23.8 Å². The van der Waals surface area contributed by atoms with Crippen molar-refractivity contribution in [3.05, 3.63) is 44.7 Å². The first-order valence-corrected chi connectivity index (χ1v) is 8.49. The van der Waals surface area contributed by atoms with E-state index in [0.717, 1.165) is 29.7 Å². The Morgan fingerprint density at radius 1 is 1.54 bits per heavy atom. The SMILES string of the molecule is Cc1csc([C@H]2CCCN(C(=O)Nc3ccncc3[N+](=O)[O-])C2)n1. The Bertz CT molecular complexity index is 763. The number of nitro groups is 1. The zero-order valence-corrected chi connectivity index (χ0v) is 14.0. The highest BCUT2D eigenvalue weighted by Crippen LogP contribution is 2.30. The number of likely N-dealkylation sites (tertiary alicyclic amines) is 1. The van der Waals surface area contributed by atoms with Crippen molar-refractivity contribution in [2.45, 2.75) is 25.7 Å². The van der Waals surface area contributed by atoms with E-state index in [4.69, 9.17) is 0 Å². The number of thiazole rings is 1. The molecule has 0 aromatic carbocycles. The second-order valence-electron chi connectivity index (χ2n) is 5.69. The lowest BCUT2D eigenvalue weighted by Crippen LogP contribution is -2.41. The largest absolute Gasteiger partial charge is 0.324 e. The summed E-state index contributed by atoms with van der Waals surface area (Å²) in [5.74, 6) is 0.218. The fraction of sp³-hybridized carbons (Fsp3) is 0.400. The lowest BCUT2D eigenvalue weighted by molar-refractivity contribution is -0.384. The van der Waals surface area contributed by atoms with E-state index in [2.05, 4.69) is 15.3 Å². The Balaban J connectivity index is 1.70. The Morgan fingerprint density at radius 3 is 3.08 bits per heavy atom. The van der Waals surface area contributed by atoms with Crippen molar-refractivity contribution in [3.8, 4) is 0 Å². The minimum atomic E-state index is -0.556. The molecular formula is C15H17N5O3S. The average molecular weight is 347 g/mol. The number of carbonyl (C=O) groups is 1. The lowest BCUT2D eigenvalue weighted by Gasteiger charge is -2.31. The van der Waals surface area contributed by atoms with Gasteiger partial charge < -0.3 is 10.2 Å². The summed E-state index contributed by atoms with van der Waals surface area (Å²) in [6.07, 6.45) is 4.42. The van der Waals surface area contributed by atoms with Crippen LogP contribution in [0.2, 0.25) is 0 Å². The van der Waals surface area contributed by atoms with Crippen molar-refractivity contribution < 1.29 is 9.72 Å². The molecule has 8 nitrogen and oxygen atoms in total. The number of hydrogen-bond acceptors (Lipinski definition) is 6. The molecule has 0 saturated carbocycles. The Hall–Kier alpha value is -2.55. The number of piperidine rings is 1. The van der Waals surface area contributed by atoms with Crippen LogP contribution in [0.25, 0.3) is 0 Å². The van der Waals surface area contributed by atoms with Crippen LogP contribution in [-0.2, 0) is 0 Å². The molecule has 0 aliphatic carbocycles. The van der Waals surface area contributed by atoms with Crippen LogP contribution in [0, 0.1) is 17.0 Å². The monoisotopic (exact) mass is 347 g/mol. The Labute approximate surface area is 142 Å². The van der Waals surface area contributed by atoms with Gasteiger partial charge >= 0.3 is 11.7 Å². The highest BCUT2D eigenvalue weighted by Gasteiger charge is 2.27. The molecular weight excluding hydrogens is 330 g/mol. The maximum Gasteiger partial charge on any atom is 0.322 e. The molecule has 0 radical (unpaired) electrons. The topological polar surface area (TPSA) is 101 Å². The van der Waals surface area contributed by atoms with Crippen molar-refractivity contribution in [1.29, 1.82) is 0 Å². The van der Waals surface area contributed by atoms with Crippen molar-refractivity contribution in [1.82, 2.24) is 14.9 Å². The van der Waals surface area contributed by atoms with Gasteiger partial charge in [-0.15, -0.1) is 11.3 Å². The van der Waals surface area contributed by atoms with E-state index >= 15 is 0 Å². The van der Waals surface area contributed by atoms with Crippen molar-refractivity contribution in [2.24, 2.45) is 0 Å². The highest BCUT2D eigenvalue weighted by atomic mass is 32.1. The number of carbonyl (C=O) groups excluding carboxylic acids is 1. The highest BCUT2D eigenvalue weighted by molar-refractivity contribution is 7.09. The molecule has 1 N–H and O–H groups in total. The van der Waals surface area contributed by atoms with Gasteiger partial charge in [-0.25, -0.2) is 9.78 Å². The van der Waals surface area contributed by atoms with E-state index in [1.165, 1.54) is 12.3 Å². The lowest BCUT2D eigenvalue weighted by atomic mass is 9.99. The molecule has 24 heavy (non-hydrogen) atoms. The van der Waals surface area contributed by atoms with E-state index in [0.29, 0.717) is 13.1 Å². The van der Waals surface area contributed by atoms with E-state index in [9.17, 15) is 14.9 Å². The van der Waals surface area contributed by atoms with Gasteiger partial charge in [-0.1, -0.05) is 0 Å². The number of nitrogens with one attached hydrogen (secondary N) is 1. The predicted molar refractivity (Wildman–Crippen MR) is 90.3 cm³/mol. The van der Waals surface area contributed by atoms with Gasteiger partial charge in [0.25, 0.3) is 0 Å². The van der Waals surface area contributed by atoms with Crippen LogP contribution >= 0.6 is 11.3 Å². The standard InChI is InChI=1S/C15H17N5O3S/c1-10-9-24-14(17-10)11-3-2-6-19(8-11)15(21)18-12-4-5-16-7-13(12)20(22)23/h4-5,7,9,11H,2-3,6,8H2,1H3,(H,16,18,21)/t11-/m0/s1. The van der Waals surface area contributed by atoms with E-state index < -0.39 is 4.92 Å². The first kappa shape index (κ1) is 16.3. The maximum atomic E-state index is 12.5. The molecule has 1 aliphatic rings. The van der Waals surface area contributed by atoms with Gasteiger partial charge in [0.1, 0.15) is 11.9 Å². The molecule has 126 valence electrons. The first-order chi connectivity index (χ1) is 11.5. The number of urea groups is 1. The second-order valence-corrected chi connectivity index (χ2v) is 6.58. The minimum absolute atomic E-state index is 0.159. The van der Waals surface area contributed by atoms with Gasteiger partial charge in [0.2, 0.25) is 0 Å². The van der Waals surface area contributed by atoms with Crippen molar-refractivity contribution in [2.75, 3.05) is 18.4 Å².